The summed E-state index contributed by atoms with van der Waals surface area (Å²) in [4.78, 5) is 21.1. The van der Waals surface area contributed by atoms with Gasteiger partial charge in [0.05, 0.1) is 0 Å². The molecule has 0 spiro atoms. The quantitative estimate of drug-likeness (QED) is 0.534. The molecule has 0 aliphatic carbocycles. The van der Waals surface area contributed by atoms with Crippen LogP contribution in [0, 0.1) is 5.92 Å². The summed E-state index contributed by atoms with van der Waals surface area (Å²) in [6.07, 6.45) is 5.08. The molecule has 0 aromatic carbocycles. The van der Waals surface area contributed by atoms with Gasteiger partial charge >= 0.3 is 11.9 Å². The first-order valence-electron chi connectivity index (χ1n) is 6.07. The van der Waals surface area contributed by atoms with E-state index in [-0.39, 0.29) is 18.5 Å². The normalized spacial score (nSPS) is 14.2. The smallest absolute Gasteiger partial charge is 0.303 e. The third kappa shape index (κ3) is 8.56. The van der Waals surface area contributed by atoms with E-state index in [1.54, 1.807) is 6.92 Å². The van der Waals surface area contributed by atoms with Crippen molar-refractivity contribution < 1.29 is 19.4 Å². The molecule has 4 nitrogen and oxygen atoms in total. The highest BCUT2D eigenvalue weighted by Gasteiger charge is 2.07. The van der Waals surface area contributed by atoms with Crippen molar-refractivity contribution in [3.05, 3.63) is 24.3 Å². The minimum absolute atomic E-state index is 0.194. The van der Waals surface area contributed by atoms with E-state index in [1.165, 1.54) is 6.92 Å². The van der Waals surface area contributed by atoms with Gasteiger partial charge in [-0.15, -0.1) is 0 Å². The van der Waals surface area contributed by atoms with Gasteiger partial charge in [-0.3, -0.25) is 9.59 Å². The number of hydrogen-bond acceptors (Lipinski definition) is 3. The molecule has 0 rings (SSSR count). The maximum Gasteiger partial charge on any atom is 0.303 e. The first-order chi connectivity index (χ1) is 8.32. The fraction of sp³-hybridized carbons (Fsp3) is 0.571. The number of ether oxygens (including phenoxy) is 1. The van der Waals surface area contributed by atoms with E-state index in [0.717, 1.165) is 12.0 Å². The Hall–Kier alpha value is -1.58. The Morgan fingerprint density at radius 3 is 2.50 bits per heavy atom. The van der Waals surface area contributed by atoms with E-state index in [2.05, 4.69) is 6.58 Å². The van der Waals surface area contributed by atoms with Crippen LogP contribution < -0.4 is 0 Å². The first-order valence-corrected chi connectivity index (χ1v) is 6.07. The lowest BCUT2D eigenvalue weighted by atomic mass is 10.0. The second-order valence-electron chi connectivity index (χ2n) is 4.50. The zero-order valence-corrected chi connectivity index (χ0v) is 11.3. The van der Waals surface area contributed by atoms with E-state index < -0.39 is 5.97 Å². The van der Waals surface area contributed by atoms with E-state index in [4.69, 9.17) is 9.84 Å². The van der Waals surface area contributed by atoms with Crippen LogP contribution in [0.4, 0.5) is 0 Å². The number of carboxylic acid groups (broad SMARTS) is 1. The van der Waals surface area contributed by atoms with Crippen LogP contribution in [0.1, 0.15) is 40.0 Å². The summed E-state index contributed by atoms with van der Waals surface area (Å²) in [6, 6.07) is 0. The molecule has 4 heteroatoms. The van der Waals surface area contributed by atoms with Crippen LogP contribution in [-0.2, 0) is 14.3 Å². The molecule has 1 N–H and O–H groups in total. The molecule has 0 bridgehead atoms. The van der Waals surface area contributed by atoms with Crippen molar-refractivity contribution >= 4 is 11.9 Å². The van der Waals surface area contributed by atoms with Crippen molar-refractivity contribution in [3.63, 3.8) is 0 Å². The average molecular weight is 254 g/mol. The van der Waals surface area contributed by atoms with E-state index in [9.17, 15) is 9.59 Å². The highest BCUT2D eigenvalue weighted by molar-refractivity contribution is 5.66. The predicted molar refractivity (Wildman–Crippen MR) is 70.2 cm³/mol. The number of hydrogen-bond donors (Lipinski definition) is 1. The van der Waals surface area contributed by atoms with Crippen molar-refractivity contribution in [2.45, 2.75) is 46.1 Å². The molecule has 0 aromatic heterocycles. The molecule has 0 heterocycles. The van der Waals surface area contributed by atoms with Gasteiger partial charge in [-0.1, -0.05) is 25.7 Å². The molecule has 0 aromatic rings. The number of carbonyl (C=O) groups is 2. The molecule has 0 amide bonds. The Balaban J connectivity index is 3.97. The third-order valence-corrected chi connectivity index (χ3v) is 2.59. The van der Waals surface area contributed by atoms with Crippen LogP contribution >= 0.6 is 0 Å². The second kappa shape index (κ2) is 8.50. The monoisotopic (exact) mass is 254 g/mol. The fourth-order valence-electron chi connectivity index (χ4n) is 1.40. The van der Waals surface area contributed by atoms with Crippen molar-refractivity contribution in [3.8, 4) is 0 Å². The molecule has 0 aliphatic heterocycles. The number of carboxylic acids is 1. The van der Waals surface area contributed by atoms with Crippen LogP contribution in [0.25, 0.3) is 0 Å². The van der Waals surface area contributed by atoms with E-state index >= 15 is 0 Å². The molecule has 2 unspecified atom stereocenters. The van der Waals surface area contributed by atoms with Crippen LogP contribution in [0.2, 0.25) is 0 Å². The molecule has 18 heavy (non-hydrogen) atoms. The maximum atomic E-state index is 10.7. The zero-order chi connectivity index (χ0) is 14.1. The van der Waals surface area contributed by atoms with Gasteiger partial charge in [0.2, 0.25) is 0 Å². The van der Waals surface area contributed by atoms with Gasteiger partial charge in [0.1, 0.15) is 6.10 Å². The number of aliphatic carboxylic acids is 1. The summed E-state index contributed by atoms with van der Waals surface area (Å²) in [5.74, 6) is -0.778. The minimum Gasteiger partial charge on any atom is -0.481 e. The van der Waals surface area contributed by atoms with Crippen LogP contribution in [0.5, 0.6) is 0 Å². The SMILES string of the molecule is C=C(C=CCC(C)CCC(=O)O)C(C)OC(C)=O. The topological polar surface area (TPSA) is 63.6 Å². The molecular formula is C14H22O4. The van der Waals surface area contributed by atoms with Crippen molar-refractivity contribution in [1.82, 2.24) is 0 Å². The van der Waals surface area contributed by atoms with E-state index in [0.29, 0.717) is 12.3 Å². The Labute approximate surface area is 108 Å². The van der Waals surface area contributed by atoms with Crippen LogP contribution in [0.15, 0.2) is 24.3 Å². The average Bonchev–Trinajstić information content (AvgIpc) is 2.25. The fourth-order valence-corrected chi connectivity index (χ4v) is 1.40. The lowest BCUT2D eigenvalue weighted by Crippen LogP contribution is -2.13. The van der Waals surface area contributed by atoms with Gasteiger partial charge in [-0.2, -0.15) is 0 Å². The Kier molecular flexibility index (Phi) is 7.76. The predicted octanol–water partition coefficient (Wildman–Crippen LogP) is 2.94. The Bertz CT molecular complexity index is 331. The largest absolute Gasteiger partial charge is 0.481 e. The summed E-state index contributed by atoms with van der Waals surface area (Å²) in [7, 11) is 0. The first kappa shape index (κ1) is 16.4. The summed E-state index contributed by atoms with van der Waals surface area (Å²) < 4.78 is 4.98. The highest BCUT2D eigenvalue weighted by atomic mass is 16.5. The molecule has 102 valence electrons. The number of rotatable bonds is 8. The van der Waals surface area contributed by atoms with Gasteiger partial charge in [-0.05, 0) is 31.3 Å². The van der Waals surface area contributed by atoms with Gasteiger partial charge in [0.15, 0.2) is 0 Å². The summed E-state index contributed by atoms with van der Waals surface area (Å²) in [6.45, 7) is 8.95. The lowest BCUT2D eigenvalue weighted by Gasteiger charge is -2.12. The van der Waals surface area contributed by atoms with Gasteiger partial charge in [-0.25, -0.2) is 0 Å². The third-order valence-electron chi connectivity index (χ3n) is 2.59. The molecule has 0 aliphatic rings. The standard InChI is InChI=1S/C14H22O4/c1-10(8-9-14(16)17)6-5-7-11(2)12(3)18-13(4)15/h5,7,10,12H,2,6,8-9H2,1,3-4H3,(H,16,17). The zero-order valence-electron chi connectivity index (χ0n) is 11.3. The van der Waals surface area contributed by atoms with Gasteiger partial charge in [0.25, 0.3) is 0 Å². The van der Waals surface area contributed by atoms with Crippen LogP contribution in [0.3, 0.4) is 0 Å². The van der Waals surface area contributed by atoms with Crippen molar-refractivity contribution in [2.75, 3.05) is 0 Å². The lowest BCUT2D eigenvalue weighted by molar-refractivity contribution is -0.143. The summed E-state index contributed by atoms with van der Waals surface area (Å²) >= 11 is 0. The van der Waals surface area contributed by atoms with Gasteiger partial charge < -0.3 is 9.84 Å². The molecule has 0 saturated heterocycles. The summed E-state index contributed by atoms with van der Waals surface area (Å²) in [5.41, 5.74) is 0.732. The second-order valence-corrected chi connectivity index (χ2v) is 4.50. The van der Waals surface area contributed by atoms with Crippen molar-refractivity contribution in [1.29, 1.82) is 0 Å². The minimum atomic E-state index is -0.765. The highest BCUT2D eigenvalue weighted by Crippen LogP contribution is 2.13. The van der Waals surface area contributed by atoms with Crippen LogP contribution in [-0.4, -0.2) is 23.1 Å². The number of allylic oxidation sites excluding steroid dienone is 1. The molecular weight excluding hydrogens is 232 g/mol. The molecule has 0 saturated carbocycles. The molecule has 0 fully saturated rings. The van der Waals surface area contributed by atoms with Gasteiger partial charge in [0, 0.05) is 13.3 Å². The van der Waals surface area contributed by atoms with E-state index in [1.807, 2.05) is 19.1 Å². The maximum absolute atomic E-state index is 10.7. The molecule has 2 atom stereocenters. The summed E-state index contributed by atoms with van der Waals surface area (Å²) in [5, 5.41) is 8.55. The Morgan fingerprint density at radius 2 is 2.00 bits per heavy atom. The van der Waals surface area contributed by atoms with Crippen molar-refractivity contribution in [2.24, 2.45) is 5.92 Å². The Morgan fingerprint density at radius 1 is 1.39 bits per heavy atom. The molecule has 0 radical (unpaired) electrons. The number of esters is 1. The number of carbonyl (C=O) groups excluding carboxylic acids is 1.